The maximum absolute atomic E-state index is 12.8. The minimum Gasteiger partial charge on any atom is -0.398 e. The van der Waals surface area contributed by atoms with Crippen LogP contribution in [0.4, 0.5) is 11.4 Å². The van der Waals surface area contributed by atoms with Crippen LogP contribution < -0.4 is 11.1 Å². The fraction of sp³-hybridized carbons (Fsp3) is 0. The third-order valence-corrected chi connectivity index (χ3v) is 3.55. The van der Waals surface area contributed by atoms with Gasteiger partial charge in [-0.05, 0) is 18.2 Å². The molecule has 1 aliphatic carbocycles. The van der Waals surface area contributed by atoms with Gasteiger partial charge in [-0.1, -0.05) is 30.8 Å². The Morgan fingerprint density at radius 3 is 2.32 bits per heavy atom. The molecule has 0 bridgehead atoms. The first kappa shape index (κ1) is 13.8. The van der Waals surface area contributed by atoms with Gasteiger partial charge in [0.05, 0.1) is 16.8 Å². The average molecular weight is 292 g/mol. The maximum Gasteiger partial charge on any atom is 0.247 e. The summed E-state index contributed by atoms with van der Waals surface area (Å²) in [5.41, 5.74) is 7.24. The summed E-state index contributed by atoms with van der Waals surface area (Å²) in [6, 6.07) is 9.51. The Labute approximate surface area is 126 Å². The molecule has 5 nitrogen and oxygen atoms in total. The molecule has 0 atom stereocenters. The standard InChI is InChI=1S/C17H12N2O3/c1-2-13(20)19-12-8-4-6-10-15(12)17(22)14-9(16(10)21)5-3-7-11(14)18/h2-8H,1,18H2,(H,19,20). The smallest absolute Gasteiger partial charge is 0.247 e. The number of hydrogen-bond donors (Lipinski definition) is 2. The summed E-state index contributed by atoms with van der Waals surface area (Å²) in [4.78, 5) is 36.8. The quantitative estimate of drug-likeness (QED) is 0.559. The number of amides is 1. The second-order valence-corrected chi connectivity index (χ2v) is 4.85. The minimum absolute atomic E-state index is 0.160. The lowest BCUT2D eigenvalue weighted by Crippen LogP contribution is -2.24. The Morgan fingerprint density at radius 2 is 1.64 bits per heavy atom. The number of rotatable bonds is 2. The Hall–Kier alpha value is -3.21. The van der Waals surface area contributed by atoms with Gasteiger partial charge >= 0.3 is 0 Å². The summed E-state index contributed by atoms with van der Waals surface area (Å²) >= 11 is 0. The van der Waals surface area contributed by atoms with Crippen LogP contribution in [-0.2, 0) is 4.79 Å². The highest BCUT2D eigenvalue weighted by molar-refractivity contribution is 6.32. The summed E-state index contributed by atoms with van der Waals surface area (Å²) in [5.74, 6) is -1.12. The molecule has 0 heterocycles. The fourth-order valence-corrected chi connectivity index (χ4v) is 2.56. The number of carbonyl (C=O) groups excluding carboxylic acids is 3. The highest BCUT2D eigenvalue weighted by Gasteiger charge is 2.33. The van der Waals surface area contributed by atoms with Crippen LogP contribution in [0.25, 0.3) is 0 Å². The molecule has 0 radical (unpaired) electrons. The molecule has 3 rings (SSSR count). The Balaban J connectivity index is 2.24. The van der Waals surface area contributed by atoms with E-state index in [9.17, 15) is 14.4 Å². The van der Waals surface area contributed by atoms with Gasteiger partial charge in [-0.2, -0.15) is 0 Å². The van der Waals surface area contributed by atoms with Crippen molar-refractivity contribution in [2.45, 2.75) is 0 Å². The first-order chi connectivity index (χ1) is 10.5. The average Bonchev–Trinajstić information content (AvgIpc) is 2.52. The van der Waals surface area contributed by atoms with Crippen molar-refractivity contribution < 1.29 is 14.4 Å². The van der Waals surface area contributed by atoms with Crippen LogP contribution in [0.15, 0.2) is 49.1 Å². The lowest BCUT2D eigenvalue weighted by atomic mass is 9.82. The third-order valence-electron chi connectivity index (χ3n) is 3.55. The van der Waals surface area contributed by atoms with Crippen LogP contribution >= 0.6 is 0 Å². The van der Waals surface area contributed by atoms with E-state index in [1.807, 2.05) is 0 Å². The molecule has 1 amide bonds. The van der Waals surface area contributed by atoms with Crippen molar-refractivity contribution in [1.29, 1.82) is 0 Å². The molecule has 0 saturated heterocycles. The van der Waals surface area contributed by atoms with Crippen molar-refractivity contribution in [2.24, 2.45) is 0 Å². The van der Waals surface area contributed by atoms with Crippen molar-refractivity contribution in [3.05, 3.63) is 71.3 Å². The summed E-state index contributed by atoms with van der Waals surface area (Å²) in [6.45, 7) is 3.37. The van der Waals surface area contributed by atoms with Crippen molar-refractivity contribution in [1.82, 2.24) is 0 Å². The Bertz CT molecular complexity index is 853. The minimum atomic E-state index is -0.458. The van der Waals surface area contributed by atoms with E-state index in [1.54, 1.807) is 36.4 Å². The van der Waals surface area contributed by atoms with E-state index in [-0.39, 0.29) is 45.2 Å². The number of anilines is 2. The normalized spacial score (nSPS) is 12.4. The lowest BCUT2D eigenvalue weighted by molar-refractivity contribution is -0.111. The van der Waals surface area contributed by atoms with E-state index in [4.69, 9.17) is 5.73 Å². The molecular weight excluding hydrogens is 280 g/mol. The van der Waals surface area contributed by atoms with Crippen LogP contribution in [0.2, 0.25) is 0 Å². The second kappa shape index (κ2) is 4.96. The van der Waals surface area contributed by atoms with Gasteiger partial charge < -0.3 is 11.1 Å². The zero-order valence-corrected chi connectivity index (χ0v) is 11.6. The van der Waals surface area contributed by atoms with Crippen molar-refractivity contribution in [2.75, 3.05) is 11.1 Å². The van der Waals surface area contributed by atoms with Crippen LogP contribution in [0, 0.1) is 0 Å². The molecule has 0 fully saturated rings. The molecular formula is C17H12N2O3. The lowest BCUT2D eigenvalue weighted by Gasteiger charge is -2.21. The van der Waals surface area contributed by atoms with E-state index in [1.165, 1.54) is 0 Å². The molecule has 5 heteroatoms. The SMILES string of the molecule is C=CC(=O)Nc1cccc2c1C(=O)c1c(N)cccc1C2=O. The number of nitrogens with one attached hydrogen (secondary N) is 1. The van der Waals surface area contributed by atoms with Crippen LogP contribution in [0.3, 0.4) is 0 Å². The van der Waals surface area contributed by atoms with E-state index in [0.29, 0.717) is 0 Å². The van der Waals surface area contributed by atoms with E-state index < -0.39 is 5.91 Å². The molecule has 2 aromatic rings. The largest absolute Gasteiger partial charge is 0.398 e. The van der Waals surface area contributed by atoms with Gasteiger partial charge in [0.25, 0.3) is 0 Å². The number of nitrogens with two attached hydrogens (primary N) is 1. The van der Waals surface area contributed by atoms with Crippen molar-refractivity contribution >= 4 is 28.8 Å². The fourth-order valence-electron chi connectivity index (χ4n) is 2.56. The van der Waals surface area contributed by atoms with Gasteiger partial charge in [0.15, 0.2) is 11.6 Å². The molecule has 3 N–H and O–H groups in total. The first-order valence-electron chi connectivity index (χ1n) is 6.59. The summed E-state index contributed by atoms with van der Waals surface area (Å²) in [5, 5.41) is 2.55. The molecule has 0 spiro atoms. The number of benzene rings is 2. The van der Waals surface area contributed by atoms with Crippen LogP contribution in [0.5, 0.6) is 0 Å². The second-order valence-electron chi connectivity index (χ2n) is 4.85. The number of hydrogen-bond acceptors (Lipinski definition) is 4. The highest BCUT2D eigenvalue weighted by atomic mass is 16.2. The first-order valence-corrected chi connectivity index (χ1v) is 6.59. The molecule has 0 unspecified atom stereocenters. The third kappa shape index (κ3) is 1.91. The molecule has 0 aromatic heterocycles. The Morgan fingerprint density at radius 1 is 1.00 bits per heavy atom. The summed E-state index contributed by atoms with van der Waals surface area (Å²) in [6.07, 6.45) is 1.09. The summed E-state index contributed by atoms with van der Waals surface area (Å²) < 4.78 is 0. The van der Waals surface area contributed by atoms with E-state index in [0.717, 1.165) is 6.08 Å². The number of nitrogen functional groups attached to an aromatic ring is 1. The number of fused-ring (bicyclic) bond motifs is 2. The predicted octanol–water partition coefficient (Wildman–Crippen LogP) is 2.17. The number of ketones is 2. The monoisotopic (exact) mass is 292 g/mol. The van der Waals surface area contributed by atoms with Gasteiger partial charge in [0.2, 0.25) is 5.91 Å². The van der Waals surface area contributed by atoms with Gasteiger partial charge in [0, 0.05) is 16.8 Å². The van der Waals surface area contributed by atoms with Crippen LogP contribution in [0.1, 0.15) is 31.8 Å². The predicted molar refractivity (Wildman–Crippen MR) is 83.0 cm³/mol. The van der Waals surface area contributed by atoms with Gasteiger partial charge in [-0.3, -0.25) is 14.4 Å². The molecule has 108 valence electrons. The van der Waals surface area contributed by atoms with Crippen molar-refractivity contribution in [3.8, 4) is 0 Å². The zero-order chi connectivity index (χ0) is 15.9. The van der Waals surface area contributed by atoms with E-state index in [2.05, 4.69) is 11.9 Å². The highest BCUT2D eigenvalue weighted by Crippen LogP contribution is 2.34. The molecule has 1 aliphatic rings. The van der Waals surface area contributed by atoms with Gasteiger partial charge in [-0.25, -0.2) is 0 Å². The van der Waals surface area contributed by atoms with Gasteiger partial charge in [0.1, 0.15) is 0 Å². The van der Waals surface area contributed by atoms with E-state index >= 15 is 0 Å². The zero-order valence-electron chi connectivity index (χ0n) is 11.6. The number of carbonyl (C=O) groups is 3. The molecule has 22 heavy (non-hydrogen) atoms. The molecule has 2 aromatic carbocycles. The van der Waals surface area contributed by atoms with Crippen LogP contribution in [-0.4, -0.2) is 17.5 Å². The molecule has 0 saturated carbocycles. The maximum atomic E-state index is 12.8. The summed E-state index contributed by atoms with van der Waals surface area (Å²) in [7, 11) is 0. The van der Waals surface area contributed by atoms with Crippen molar-refractivity contribution in [3.63, 3.8) is 0 Å². The topological polar surface area (TPSA) is 89.3 Å². The van der Waals surface area contributed by atoms with Gasteiger partial charge in [-0.15, -0.1) is 0 Å². The Kier molecular flexibility index (Phi) is 3.10. The molecule has 0 aliphatic heterocycles.